The molecule has 23 heavy (non-hydrogen) atoms. The van der Waals surface area contributed by atoms with Crippen LogP contribution in [-0.4, -0.2) is 27.8 Å². The number of benzene rings is 2. The summed E-state index contributed by atoms with van der Waals surface area (Å²) in [5.41, 5.74) is 2.39. The van der Waals surface area contributed by atoms with E-state index in [0.717, 1.165) is 20.2 Å². The van der Waals surface area contributed by atoms with Gasteiger partial charge < -0.3 is 10.4 Å². The Morgan fingerprint density at radius 2 is 2.04 bits per heavy atom. The molecule has 3 rings (SSSR count). The van der Waals surface area contributed by atoms with Crippen LogP contribution in [0.25, 0.3) is 10.9 Å². The number of hydrogen-bond donors (Lipinski definition) is 3. The van der Waals surface area contributed by atoms with Gasteiger partial charge in [0, 0.05) is 17.6 Å². The number of nitrogens with one attached hydrogen (secondary N) is 2. The van der Waals surface area contributed by atoms with Crippen LogP contribution in [0, 0.1) is 3.70 Å². The molecule has 0 radical (unpaired) electrons. The predicted octanol–water partition coefficient (Wildman–Crippen LogP) is 3.02. The fourth-order valence-electron chi connectivity index (χ4n) is 2.50. The number of amides is 1. The molecule has 0 saturated carbocycles. The third-order valence-electron chi connectivity index (χ3n) is 3.69. The van der Waals surface area contributed by atoms with Gasteiger partial charge in [0.1, 0.15) is 3.70 Å². The Morgan fingerprint density at radius 3 is 2.78 bits per heavy atom. The Labute approximate surface area is 147 Å². The first-order chi connectivity index (χ1) is 11.2. The standard InChI is InChI=1S/C17H16IN3O2/c18-16-13-10-12(6-7-15(13)20-21-16)17(23)19-14(8-9-22)11-4-2-1-3-5-11/h1-7,10,14,22H,8-9H2,(H,19,23)(H,20,21)/t14-/m1/s1. The van der Waals surface area contributed by atoms with Gasteiger partial charge in [0.2, 0.25) is 0 Å². The molecule has 1 amide bonds. The van der Waals surface area contributed by atoms with Gasteiger partial charge >= 0.3 is 0 Å². The van der Waals surface area contributed by atoms with Crippen LogP contribution in [0.3, 0.4) is 0 Å². The smallest absolute Gasteiger partial charge is 0.251 e. The van der Waals surface area contributed by atoms with Crippen molar-refractivity contribution in [2.45, 2.75) is 12.5 Å². The van der Waals surface area contributed by atoms with E-state index < -0.39 is 0 Å². The van der Waals surface area contributed by atoms with Gasteiger partial charge in [-0.15, -0.1) is 0 Å². The van der Waals surface area contributed by atoms with E-state index in [9.17, 15) is 9.90 Å². The van der Waals surface area contributed by atoms with Crippen molar-refractivity contribution in [3.8, 4) is 0 Å². The highest BCUT2D eigenvalue weighted by Gasteiger charge is 2.16. The number of aromatic nitrogens is 2. The lowest BCUT2D eigenvalue weighted by atomic mass is 10.0. The van der Waals surface area contributed by atoms with Crippen molar-refractivity contribution < 1.29 is 9.90 Å². The summed E-state index contributed by atoms with van der Waals surface area (Å²) in [6, 6.07) is 14.9. The molecule has 0 aliphatic heterocycles. The molecule has 0 bridgehead atoms. The number of aliphatic hydroxyl groups excluding tert-OH is 1. The van der Waals surface area contributed by atoms with Crippen LogP contribution in [0.4, 0.5) is 0 Å². The second-order valence-corrected chi connectivity index (χ2v) is 6.30. The van der Waals surface area contributed by atoms with Crippen LogP contribution in [0.2, 0.25) is 0 Å². The maximum absolute atomic E-state index is 12.6. The minimum absolute atomic E-state index is 0.0124. The lowest BCUT2D eigenvalue weighted by molar-refractivity contribution is 0.0930. The zero-order valence-electron chi connectivity index (χ0n) is 12.3. The SMILES string of the molecule is O=C(N[C@H](CCO)c1ccccc1)c1ccc2n[nH]c(I)c2c1. The van der Waals surface area contributed by atoms with E-state index in [1.54, 1.807) is 6.07 Å². The van der Waals surface area contributed by atoms with Crippen molar-refractivity contribution >= 4 is 39.4 Å². The number of carbonyl (C=O) groups excluding carboxylic acids is 1. The molecule has 118 valence electrons. The van der Waals surface area contributed by atoms with E-state index in [1.165, 1.54) is 0 Å². The average Bonchev–Trinajstić information content (AvgIpc) is 2.96. The molecule has 3 aromatic rings. The first-order valence-corrected chi connectivity index (χ1v) is 8.37. The topological polar surface area (TPSA) is 78.0 Å². The zero-order valence-corrected chi connectivity index (χ0v) is 14.4. The van der Waals surface area contributed by atoms with E-state index in [1.807, 2.05) is 42.5 Å². The van der Waals surface area contributed by atoms with E-state index in [4.69, 9.17) is 0 Å². The third-order valence-corrected chi connectivity index (χ3v) is 4.52. The monoisotopic (exact) mass is 421 g/mol. The minimum Gasteiger partial charge on any atom is -0.396 e. The van der Waals surface area contributed by atoms with Crippen molar-refractivity contribution in [3.63, 3.8) is 0 Å². The molecule has 1 aromatic heterocycles. The molecular weight excluding hydrogens is 405 g/mol. The van der Waals surface area contributed by atoms with Crippen molar-refractivity contribution in [3.05, 3.63) is 63.4 Å². The molecule has 2 aromatic carbocycles. The molecule has 0 spiro atoms. The minimum atomic E-state index is -0.215. The molecule has 0 aliphatic carbocycles. The number of nitrogens with zero attached hydrogens (tertiary/aromatic N) is 1. The van der Waals surface area contributed by atoms with E-state index in [0.29, 0.717) is 12.0 Å². The Kier molecular flexibility index (Phi) is 4.92. The molecule has 0 aliphatic rings. The summed E-state index contributed by atoms with van der Waals surface area (Å²) in [6.45, 7) is 0.0124. The van der Waals surface area contributed by atoms with Crippen LogP contribution < -0.4 is 5.32 Å². The Morgan fingerprint density at radius 1 is 1.26 bits per heavy atom. The van der Waals surface area contributed by atoms with Gasteiger partial charge in [-0.25, -0.2) is 0 Å². The first kappa shape index (κ1) is 15.9. The second kappa shape index (κ2) is 7.10. The number of aromatic amines is 1. The summed E-state index contributed by atoms with van der Waals surface area (Å²) in [7, 11) is 0. The van der Waals surface area contributed by atoms with E-state index in [-0.39, 0.29) is 18.6 Å². The van der Waals surface area contributed by atoms with Crippen molar-refractivity contribution in [2.75, 3.05) is 6.61 Å². The third kappa shape index (κ3) is 3.53. The highest BCUT2D eigenvalue weighted by Crippen LogP contribution is 2.21. The van der Waals surface area contributed by atoms with Crippen molar-refractivity contribution in [2.24, 2.45) is 0 Å². The van der Waals surface area contributed by atoms with Crippen LogP contribution in [0.5, 0.6) is 0 Å². The summed E-state index contributed by atoms with van der Waals surface area (Å²) in [5, 5.41) is 20.2. The van der Waals surface area contributed by atoms with E-state index >= 15 is 0 Å². The van der Waals surface area contributed by atoms with Gasteiger partial charge in [-0.1, -0.05) is 30.3 Å². The number of halogens is 1. The summed E-state index contributed by atoms with van der Waals surface area (Å²) >= 11 is 2.16. The molecule has 0 unspecified atom stereocenters. The Balaban J connectivity index is 1.84. The highest BCUT2D eigenvalue weighted by molar-refractivity contribution is 14.1. The zero-order chi connectivity index (χ0) is 16.2. The number of H-pyrrole nitrogens is 1. The van der Waals surface area contributed by atoms with Crippen LogP contribution >= 0.6 is 22.6 Å². The lowest BCUT2D eigenvalue weighted by Crippen LogP contribution is -2.29. The predicted molar refractivity (Wildman–Crippen MR) is 97.2 cm³/mol. The van der Waals surface area contributed by atoms with Gasteiger partial charge in [-0.3, -0.25) is 9.89 Å². The summed E-state index contributed by atoms with van der Waals surface area (Å²) in [4.78, 5) is 12.6. The molecule has 1 atom stereocenters. The van der Waals surface area contributed by atoms with Gasteiger partial charge in [0.05, 0.1) is 11.6 Å². The molecule has 6 heteroatoms. The fraction of sp³-hybridized carbons (Fsp3) is 0.176. The normalized spacial score (nSPS) is 12.3. The quantitative estimate of drug-likeness (QED) is 0.555. The van der Waals surface area contributed by atoms with E-state index in [2.05, 4.69) is 38.1 Å². The molecule has 0 fully saturated rings. The van der Waals surface area contributed by atoms with Gasteiger partial charge in [-0.2, -0.15) is 5.10 Å². The molecule has 5 nitrogen and oxygen atoms in total. The average molecular weight is 421 g/mol. The maximum Gasteiger partial charge on any atom is 0.251 e. The van der Waals surface area contributed by atoms with Gasteiger partial charge in [-0.05, 0) is 52.8 Å². The van der Waals surface area contributed by atoms with Gasteiger partial charge in [0.25, 0.3) is 5.91 Å². The summed E-state index contributed by atoms with van der Waals surface area (Å²) < 4.78 is 0.905. The molecular formula is C17H16IN3O2. The largest absolute Gasteiger partial charge is 0.396 e. The van der Waals surface area contributed by atoms with Crippen molar-refractivity contribution in [1.82, 2.24) is 15.5 Å². The Hall–Kier alpha value is -1.93. The fourth-order valence-corrected chi connectivity index (χ4v) is 3.05. The second-order valence-electron chi connectivity index (χ2n) is 5.22. The Bertz CT molecular complexity index is 817. The van der Waals surface area contributed by atoms with Crippen LogP contribution in [0.15, 0.2) is 48.5 Å². The lowest BCUT2D eigenvalue weighted by Gasteiger charge is -2.18. The summed E-state index contributed by atoms with van der Waals surface area (Å²) in [6.07, 6.45) is 0.473. The van der Waals surface area contributed by atoms with Crippen LogP contribution in [0.1, 0.15) is 28.4 Å². The maximum atomic E-state index is 12.6. The highest BCUT2D eigenvalue weighted by atomic mass is 127. The van der Waals surface area contributed by atoms with Crippen molar-refractivity contribution in [1.29, 1.82) is 0 Å². The summed E-state index contributed by atoms with van der Waals surface area (Å²) in [5.74, 6) is -0.161. The first-order valence-electron chi connectivity index (χ1n) is 7.29. The van der Waals surface area contributed by atoms with Crippen LogP contribution in [-0.2, 0) is 0 Å². The number of fused-ring (bicyclic) bond motifs is 1. The number of carbonyl (C=O) groups is 1. The molecule has 0 saturated heterocycles. The number of aliphatic hydroxyl groups is 1. The molecule has 1 heterocycles. The van der Waals surface area contributed by atoms with Gasteiger partial charge in [0.15, 0.2) is 0 Å². The number of rotatable bonds is 5. The number of hydrogen-bond acceptors (Lipinski definition) is 3. The molecule has 3 N–H and O–H groups in total.